The van der Waals surface area contributed by atoms with Gasteiger partial charge in [0.05, 0.1) is 11.0 Å². The molecular weight excluding hydrogens is 773 g/mol. The Morgan fingerprint density at radius 3 is 1.41 bits per heavy atom. The number of aromatic nitrogens is 1. The molecule has 0 aliphatic rings. The highest BCUT2D eigenvalue weighted by Crippen LogP contribution is 2.42. The van der Waals surface area contributed by atoms with Gasteiger partial charge < -0.3 is 9.47 Å². The lowest BCUT2D eigenvalue weighted by Crippen LogP contribution is -2.10. The predicted octanol–water partition coefficient (Wildman–Crippen LogP) is 17.2. The van der Waals surface area contributed by atoms with Gasteiger partial charge in [0, 0.05) is 33.5 Å². The Morgan fingerprint density at radius 1 is 0.250 bits per heavy atom. The van der Waals surface area contributed by atoms with Gasteiger partial charge >= 0.3 is 0 Å². The molecule has 0 atom stereocenters. The van der Waals surface area contributed by atoms with Crippen LogP contribution in [0.25, 0.3) is 93.5 Å². The predicted molar refractivity (Wildman–Crippen MR) is 272 cm³/mol. The highest BCUT2D eigenvalue weighted by Gasteiger charge is 2.18. The molecule has 2 nitrogen and oxygen atoms in total. The third kappa shape index (κ3) is 6.52. The van der Waals surface area contributed by atoms with E-state index in [-0.39, 0.29) is 0 Å². The van der Waals surface area contributed by atoms with E-state index in [0.717, 1.165) is 28.3 Å². The van der Waals surface area contributed by atoms with E-state index in [2.05, 4.69) is 264 Å². The van der Waals surface area contributed by atoms with Gasteiger partial charge in [-0.1, -0.05) is 188 Å². The van der Waals surface area contributed by atoms with Crippen LogP contribution in [0.15, 0.2) is 255 Å². The SMILES string of the molecule is c1ccc(-c2cccc(N(c3ccc(-c4ccc(-n5c6ccccc6c6ccccc65)cc4-c4ccccc4)cc3)c3ccc(-c4cc5ccccc5c5ccccc45)cc3)c2)cc1. The number of para-hydroxylation sites is 2. The molecule has 0 fully saturated rings. The molecule has 1 aromatic heterocycles. The smallest absolute Gasteiger partial charge is 0.0541 e. The molecule has 0 aliphatic heterocycles. The molecule has 0 spiro atoms. The highest BCUT2D eigenvalue weighted by atomic mass is 15.1. The van der Waals surface area contributed by atoms with Crippen molar-refractivity contribution < 1.29 is 0 Å². The first kappa shape index (κ1) is 37.3. The van der Waals surface area contributed by atoms with E-state index < -0.39 is 0 Å². The normalized spacial score (nSPS) is 11.4. The number of fused-ring (bicyclic) bond motifs is 6. The van der Waals surface area contributed by atoms with E-state index in [4.69, 9.17) is 0 Å². The van der Waals surface area contributed by atoms with Crippen LogP contribution >= 0.6 is 0 Å². The van der Waals surface area contributed by atoms with Crippen molar-refractivity contribution in [3.63, 3.8) is 0 Å². The van der Waals surface area contributed by atoms with Gasteiger partial charge in [0.25, 0.3) is 0 Å². The number of hydrogen-bond acceptors (Lipinski definition) is 1. The van der Waals surface area contributed by atoms with E-state index in [9.17, 15) is 0 Å². The Labute approximate surface area is 373 Å². The molecule has 0 N–H and O–H groups in total. The number of hydrogen-bond donors (Lipinski definition) is 0. The number of rotatable bonds is 8. The first-order valence-electron chi connectivity index (χ1n) is 22.0. The van der Waals surface area contributed by atoms with Crippen LogP contribution in [0.3, 0.4) is 0 Å². The molecule has 64 heavy (non-hydrogen) atoms. The Kier molecular flexibility index (Phi) is 9.20. The number of benzene rings is 11. The van der Waals surface area contributed by atoms with Crippen molar-refractivity contribution in [3.8, 4) is 50.2 Å². The molecule has 0 bridgehead atoms. The van der Waals surface area contributed by atoms with Gasteiger partial charge in [0.1, 0.15) is 0 Å². The first-order chi connectivity index (χ1) is 31.7. The summed E-state index contributed by atoms with van der Waals surface area (Å²) >= 11 is 0. The molecule has 2 heteroatoms. The van der Waals surface area contributed by atoms with E-state index in [1.165, 1.54) is 82.3 Å². The molecule has 0 amide bonds. The van der Waals surface area contributed by atoms with Gasteiger partial charge in [-0.2, -0.15) is 0 Å². The minimum absolute atomic E-state index is 1.08. The van der Waals surface area contributed by atoms with Gasteiger partial charge in [0.2, 0.25) is 0 Å². The molecule has 12 aromatic rings. The van der Waals surface area contributed by atoms with Gasteiger partial charge in [-0.05, 0) is 133 Å². The van der Waals surface area contributed by atoms with Crippen LogP contribution in [-0.2, 0) is 0 Å². The average molecular weight is 815 g/mol. The van der Waals surface area contributed by atoms with Gasteiger partial charge in [0.15, 0.2) is 0 Å². The topological polar surface area (TPSA) is 8.17 Å². The molecule has 12 rings (SSSR count). The van der Waals surface area contributed by atoms with E-state index >= 15 is 0 Å². The Balaban J connectivity index is 0.971. The Bertz CT molecular complexity index is 3590. The Hall–Kier alpha value is -8.46. The van der Waals surface area contributed by atoms with Crippen molar-refractivity contribution in [2.45, 2.75) is 0 Å². The van der Waals surface area contributed by atoms with Crippen molar-refractivity contribution in [1.82, 2.24) is 4.57 Å². The van der Waals surface area contributed by atoms with Crippen LogP contribution in [0, 0.1) is 0 Å². The standard InChI is InChI=1S/C62H42N2/c1-3-16-43(17-4-1)47-21-15-22-51(40-47)63(50-36-32-46(33-37-50)59-41-48-20-7-8-23-53(48)55-24-9-10-25-56(55)59)49-34-30-45(31-35-49)54-39-38-52(42-60(54)44-18-5-2-6-19-44)64-61-28-13-11-26-57(61)58-27-12-14-29-62(58)64/h1-42H. The molecule has 1 heterocycles. The number of nitrogens with zero attached hydrogens (tertiary/aromatic N) is 2. The molecular formula is C62H42N2. The van der Waals surface area contributed by atoms with Gasteiger partial charge in [-0.25, -0.2) is 0 Å². The summed E-state index contributed by atoms with van der Waals surface area (Å²) < 4.78 is 2.40. The summed E-state index contributed by atoms with van der Waals surface area (Å²) in [6.07, 6.45) is 0. The third-order valence-corrected chi connectivity index (χ3v) is 12.8. The molecule has 0 saturated carbocycles. The summed E-state index contributed by atoms with van der Waals surface area (Å²) in [7, 11) is 0. The summed E-state index contributed by atoms with van der Waals surface area (Å²) in [4.78, 5) is 2.38. The summed E-state index contributed by atoms with van der Waals surface area (Å²) in [6, 6.07) is 92.6. The largest absolute Gasteiger partial charge is 0.310 e. The minimum atomic E-state index is 1.08. The van der Waals surface area contributed by atoms with Crippen LogP contribution in [0.5, 0.6) is 0 Å². The fourth-order valence-electron chi connectivity index (χ4n) is 9.76. The minimum Gasteiger partial charge on any atom is -0.310 e. The van der Waals surface area contributed by atoms with Crippen molar-refractivity contribution in [3.05, 3.63) is 255 Å². The number of anilines is 3. The maximum atomic E-state index is 2.40. The zero-order chi connectivity index (χ0) is 42.4. The molecule has 0 radical (unpaired) electrons. The zero-order valence-electron chi connectivity index (χ0n) is 35.1. The van der Waals surface area contributed by atoms with Crippen molar-refractivity contribution in [2.75, 3.05) is 4.90 Å². The monoisotopic (exact) mass is 814 g/mol. The maximum Gasteiger partial charge on any atom is 0.0541 e. The zero-order valence-corrected chi connectivity index (χ0v) is 35.1. The quantitative estimate of drug-likeness (QED) is 0.139. The third-order valence-electron chi connectivity index (χ3n) is 12.8. The van der Waals surface area contributed by atoms with Crippen LogP contribution in [0.2, 0.25) is 0 Å². The van der Waals surface area contributed by atoms with Crippen LogP contribution in [0.4, 0.5) is 17.1 Å². The van der Waals surface area contributed by atoms with E-state index in [1.54, 1.807) is 0 Å². The fraction of sp³-hybridized carbons (Fsp3) is 0. The van der Waals surface area contributed by atoms with Gasteiger partial charge in [-0.3, -0.25) is 0 Å². The first-order valence-corrected chi connectivity index (χ1v) is 22.0. The molecule has 0 aliphatic carbocycles. The second kappa shape index (κ2) is 15.8. The van der Waals surface area contributed by atoms with Crippen LogP contribution < -0.4 is 4.90 Å². The van der Waals surface area contributed by atoms with Crippen molar-refractivity contribution >= 4 is 60.4 Å². The van der Waals surface area contributed by atoms with Crippen molar-refractivity contribution in [2.24, 2.45) is 0 Å². The second-order valence-electron chi connectivity index (χ2n) is 16.5. The van der Waals surface area contributed by atoms with Crippen LogP contribution in [0.1, 0.15) is 0 Å². The molecule has 0 unspecified atom stereocenters. The summed E-state index contributed by atoms with van der Waals surface area (Å²) in [5.41, 5.74) is 16.3. The lowest BCUT2D eigenvalue weighted by atomic mass is 9.93. The van der Waals surface area contributed by atoms with Crippen molar-refractivity contribution in [1.29, 1.82) is 0 Å². The lowest BCUT2D eigenvalue weighted by Gasteiger charge is -2.27. The van der Waals surface area contributed by atoms with Crippen LogP contribution in [-0.4, -0.2) is 4.57 Å². The molecule has 11 aromatic carbocycles. The lowest BCUT2D eigenvalue weighted by molar-refractivity contribution is 1.18. The van der Waals surface area contributed by atoms with E-state index in [1.807, 2.05) is 0 Å². The Morgan fingerprint density at radius 2 is 0.750 bits per heavy atom. The maximum absolute atomic E-state index is 2.40. The highest BCUT2D eigenvalue weighted by molar-refractivity contribution is 6.14. The van der Waals surface area contributed by atoms with E-state index in [0.29, 0.717) is 0 Å². The second-order valence-corrected chi connectivity index (χ2v) is 16.5. The molecule has 300 valence electrons. The average Bonchev–Trinajstić information content (AvgIpc) is 3.71. The summed E-state index contributed by atoms with van der Waals surface area (Å²) in [5, 5.41) is 7.58. The van der Waals surface area contributed by atoms with Gasteiger partial charge in [-0.15, -0.1) is 0 Å². The summed E-state index contributed by atoms with van der Waals surface area (Å²) in [5.74, 6) is 0. The fourth-order valence-corrected chi connectivity index (χ4v) is 9.76. The molecule has 0 saturated heterocycles. The summed E-state index contributed by atoms with van der Waals surface area (Å²) in [6.45, 7) is 0.